The van der Waals surface area contributed by atoms with Crippen LogP contribution in [0.1, 0.15) is 82.5 Å². The minimum absolute atomic E-state index is 0.387. The third-order valence-corrected chi connectivity index (χ3v) is 5.79. The predicted molar refractivity (Wildman–Crippen MR) is 136 cm³/mol. The van der Waals surface area contributed by atoms with Crippen molar-refractivity contribution in [1.82, 2.24) is 0 Å². The fourth-order valence-electron chi connectivity index (χ4n) is 3.80. The van der Waals surface area contributed by atoms with Gasteiger partial charge in [-0.25, -0.2) is 9.59 Å². The highest BCUT2D eigenvalue weighted by Crippen LogP contribution is 2.25. The fraction of sp³-hybridized carbons (Fsp3) is 0.333. The van der Waals surface area contributed by atoms with E-state index in [4.69, 9.17) is 9.47 Å². The standard InChI is InChI=1S/C30H34O4/c1-5-7-9-25-19-21(3)11-17-27(25)33-29(31)23-13-15-24(16-14-23)30(32)34-28-18-12-22(4)20-26(28)10-8-6-2/h11-20H,5-10H2,1-4H3. The number of carbonyl (C=O) groups excluding carboxylic acids is 2. The molecule has 0 unspecified atom stereocenters. The van der Waals surface area contributed by atoms with Crippen molar-refractivity contribution in [3.63, 3.8) is 0 Å². The summed E-state index contributed by atoms with van der Waals surface area (Å²) in [5.74, 6) is 0.293. The number of hydrogen-bond acceptors (Lipinski definition) is 4. The molecule has 3 rings (SSSR count). The van der Waals surface area contributed by atoms with E-state index in [1.54, 1.807) is 24.3 Å². The van der Waals surface area contributed by atoms with Crippen molar-refractivity contribution in [3.05, 3.63) is 94.0 Å². The van der Waals surface area contributed by atoms with Gasteiger partial charge in [0.15, 0.2) is 0 Å². The Morgan fingerprint density at radius 3 is 1.35 bits per heavy atom. The van der Waals surface area contributed by atoms with Crippen LogP contribution in [0.4, 0.5) is 0 Å². The van der Waals surface area contributed by atoms with Gasteiger partial charge in [0.05, 0.1) is 11.1 Å². The van der Waals surface area contributed by atoms with Gasteiger partial charge in [0.2, 0.25) is 0 Å². The molecule has 3 aromatic carbocycles. The lowest BCUT2D eigenvalue weighted by Crippen LogP contribution is -2.12. The zero-order chi connectivity index (χ0) is 24.5. The highest BCUT2D eigenvalue weighted by Gasteiger charge is 2.15. The highest BCUT2D eigenvalue weighted by molar-refractivity contribution is 5.95. The van der Waals surface area contributed by atoms with Crippen LogP contribution < -0.4 is 9.47 Å². The first-order chi connectivity index (χ1) is 16.4. The van der Waals surface area contributed by atoms with E-state index in [0.717, 1.165) is 60.8 Å². The first-order valence-electron chi connectivity index (χ1n) is 12.1. The van der Waals surface area contributed by atoms with Crippen molar-refractivity contribution in [3.8, 4) is 11.5 Å². The Balaban J connectivity index is 1.70. The minimum atomic E-state index is -0.443. The van der Waals surface area contributed by atoms with E-state index in [1.807, 2.05) is 38.1 Å². The van der Waals surface area contributed by atoms with E-state index < -0.39 is 11.9 Å². The van der Waals surface area contributed by atoms with Crippen LogP contribution >= 0.6 is 0 Å². The third kappa shape index (κ3) is 6.80. The molecule has 0 bridgehead atoms. The summed E-state index contributed by atoms with van der Waals surface area (Å²) in [6.07, 6.45) is 5.94. The van der Waals surface area contributed by atoms with Gasteiger partial charge in [-0.15, -0.1) is 0 Å². The van der Waals surface area contributed by atoms with Crippen LogP contribution in [-0.2, 0) is 12.8 Å². The summed E-state index contributed by atoms with van der Waals surface area (Å²) in [5.41, 5.74) is 5.12. The van der Waals surface area contributed by atoms with Crippen molar-refractivity contribution in [2.75, 3.05) is 0 Å². The van der Waals surface area contributed by atoms with Gasteiger partial charge < -0.3 is 9.47 Å². The van der Waals surface area contributed by atoms with Gasteiger partial charge >= 0.3 is 11.9 Å². The lowest BCUT2D eigenvalue weighted by Gasteiger charge is -2.12. The molecule has 0 amide bonds. The molecular formula is C30H34O4. The van der Waals surface area contributed by atoms with Crippen LogP contribution in [-0.4, -0.2) is 11.9 Å². The van der Waals surface area contributed by atoms with E-state index in [0.29, 0.717) is 22.6 Å². The second kappa shape index (κ2) is 12.2. The Kier molecular flexibility index (Phi) is 9.03. The van der Waals surface area contributed by atoms with Crippen LogP contribution in [0.3, 0.4) is 0 Å². The number of carbonyl (C=O) groups is 2. The Bertz CT molecular complexity index is 1040. The molecule has 0 saturated heterocycles. The summed E-state index contributed by atoms with van der Waals surface area (Å²) >= 11 is 0. The Morgan fingerprint density at radius 1 is 0.618 bits per heavy atom. The second-order valence-corrected chi connectivity index (χ2v) is 8.79. The molecule has 0 fully saturated rings. The monoisotopic (exact) mass is 458 g/mol. The number of esters is 2. The van der Waals surface area contributed by atoms with Gasteiger partial charge in [0.25, 0.3) is 0 Å². The van der Waals surface area contributed by atoms with Crippen LogP contribution in [0.5, 0.6) is 11.5 Å². The van der Waals surface area contributed by atoms with Gasteiger partial charge in [0.1, 0.15) is 11.5 Å². The van der Waals surface area contributed by atoms with Crippen LogP contribution in [0.2, 0.25) is 0 Å². The SMILES string of the molecule is CCCCc1cc(C)ccc1OC(=O)c1ccc(C(=O)Oc2ccc(C)cc2CCCC)cc1. The lowest BCUT2D eigenvalue weighted by molar-refractivity contribution is 0.0719. The van der Waals surface area contributed by atoms with Crippen molar-refractivity contribution in [2.24, 2.45) is 0 Å². The molecule has 0 aromatic heterocycles. The summed E-state index contributed by atoms with van der Waals surface area (Å²) in [5, 5.41) is 0. The van der Waals surface area contributed by atoms with Gasteiger partial charge in [-0.2, -0.15) is 0 Å². The Labute approximate surface area is 202 Å². The van der Waals surface area contributed by atoms with Crippen molar-refractivity contribution >= 4 is 11.9 Å². The summed E-state index contributed by atoms with van der Waals surface area (Å²) in [7, 11) is 0. The molecule has 0 aliphatic heterocycles. The molecule has 0 spiro atoms. The highest BCUT2D eigenvalue weighted by atomic mass is 16.5. The maximum absolute atomic E-state index is 12.7. The lowest BCUT2D eigenvalue weighted by atomic mass is 10.0. The minimum Gasteiger partial charge on any atom is -0.423 e. The molecule has 4 nitrogen and oxygen atoms in total. The van der Waals surface area contributed by atoms with Crippen molar-refractivity contribution in [2.45, 2.75) is 66.2 Å². The molecule has 0 aliphatic carbocycles. The molecule has 0 radical (unpaired) electrons. The molecule has 0 aliphatic rings. The number of unbranched alkanes of at least 4 members (excludes halogenated alkanes) is 2. The van der Waals surface area contributed by atoms with Crippen LogP contribution in [0.15, 0.2) is 60.7 Å². The number of ether oxygens (including phenoxy) is 2. The zero-order valence-corrected chi connectivity index (χ0v) is 20.6. The van der Waals surface area contributed by atoms with Crippen LogP contribution in [0.25, 0.3) is 0 Å². The van der Waals surface area contributed by atoms with Crippen molar-refractivity contribution < 1.29 is 19.1 Å². The van der Waals surface area contributed by atoms with Crippen molar-refractivity contribution in [1.29, 1.82) is 0 Å². The summed E-state index contributed by atoms with van der Waals surface area (Å²) in [6, 6.07) is 18.1. The van der Waals surface area contributed by atoms with Gasteiger partial charge in [0, 0.05) is 0 Å². The summed E-state index contributed by atoms with van der Waals surface area (Å²) in [4.78, 5) is 25.5. The third-order valence-electron chi connectivity index (χ3n) is 5.79. The number of hydrogen-bond donors (Lipinski definition) is 0. The molecule has 0 atom stereocenters. The first-order valence-corrected chi connectivity index (χ1v) is 12.1. The van der Waals surface area contributed by atoms with Gasteiger partial charge in [-0.3, -0.25) is 0 Å². The largest absolute Gasteiger partial charge is 0.423 e. The van der Waals surface area contributed by atoms with Gasteiger partial charge in [-0.1, -0.05) is 62.1 Å². The summed E-state index contributed by atoms with van der Waals surface area (Å²) in [6.45, 7) is 8.34. The number of benzene rings is 3. The maximum atomic E-state index is 12.7. The number of rotatable bonds is 10. The maximum Gasteiger partial charge on any atom is 0.343 e. The Morgan fingerprint density at radius 2 is 1.00 bits per heavy atom. The Hall–Kier alpha value is -3.40. The van der Waals surface area contributed by atoms with E-state index in [9.17, 15) is 9.59 Å². The number of aryl methyl sites for hydroxylation is 4. The zero-order valence-electron chi connectivity index (χ0n) is 20.6. The van der Waals surface area contributed by atoms with Crippen LogP contribution in [0, 0.1) is 13.8 Å². The molecule has 34 heavy (non-hydrogen) atoms. The van der Waals surface area contributed by atoms with E-state index >= 15 is 0 Å². The molecule has 0 saturated carbocycles. The first kappa shape index (κ1) is 25.2. The molecular weight excluding hydrogens is 424 g/mol. The summed E-state index contributed by atoms with van der Waals surface area (Å²) < 4.78 is 11.4. The molecule has 4 heteroatoms. The topological polar surface area (TPSA) is 52.6 Å². The van der Waals surface area contributed by atoms with E-state index in [2.05, 4.69) is 26.0 Å². The molecule has 0 heterocycles. The normalized spacial score (nSPS) is 10.7. The molecule has 0 N–H and O–H groups in total. The molecule has 178 valence electrons. The fourth-order valence-corrected chi connectivity index (χ4v) is 3.80. The quantitative estimate of drug-likeness (QED) is 0.234. The second-order valence-electron chi connectivity index (χ2n) is 8.79. The smallest absolute Gasteiger partial charge is 0.343 e. The van der Waals surface area contributed by atoms with Gasteiger partial charge in [-0.05, 0) is 87.1 Å². The molecule has 3 aromatic rings. The van der Waals surface area contributed by atoms with E-state index in [1.165, 1.54) is 0 Å². The van der Waals surface area contributed by atoms with E-state index in [-0.39, 0.29) is 0 Å². The average Bonchev–Trinajstić information content (AvgIpc) is 2.84. The average molecular weight is 459 g/mol. The predicted octanol–water partition coefficient (Wildman–Crippen LogP) is 7.43.